The van der Waals surface area contributed by atoms with Crippen LogP contribution in [0.5, 0.6) is 11.5 Å². The summed E-state index contributed by atoms with van der Waals surface area (Å²) in [5.41, 5.74) is 0.868. The minimum Gasteiger partial charge on any atom is -0.497 e. The Hall–Kier alpha value is -2.87. The largest absolute Gasteiger partial charge is 0.497 e. The third-order valence-corrected chi connectivity index (χ3v) is 4.22. The molecule has 1 aromatic heterocycles. The van der Waals surface area contributed by atoms with Crippen LogP contribution in [0.4, 0.5) is 0 Å². The molecule has 0 radical (unpaired) electrons. The maximum Gasteiger partial charge on any atom is 0.223 e. The molecule has 0 atom stereocenters. The zero-order chi connectivity index (χ0) is 19.1. The van der Waals surface area contributed by atoms with Gasteiger partial charge < -0.3 is 14.8 Å². The van der Waals surface area contributed by atoms with Gasteiger partial charge in [-0.2, -0.15) is 5.10 Å². The van der Waals surface area contributed by atoms with Gasteiger partial charge in [0.2, 0.25) is 5.91 Å². The van der Waals surface area contributed by atoms with Crippen LogP contribution < -0.4 is 14.8 Å². The van der Waals surface area contributed by atoms with Gasteiger partial charge in [-0.05, 0) is 42.5 Å². The van der Waals surface area contributed by atoms with E-state index in [-0.39, 0.29) is 18.9 Å². The Balaban J connectivity index is 1.44. The zero-order valence-corrected chi connectivity index (χ0v) is 16.3. The van der Waals surface area contributed by atoms with Gasteiger partial charge in [-0.1, -0.05) is 22.0 Å². The van der Waals surface area contributed by atoms with E-state index in [4.69, 9.17) is 9.47 Å². The van der Waals surface area contributed by atoms with E-state index in [0.717, 1.165) is 21.5 Å². The lowest BCUT2D eigenvalue weighted by Gasteiger charge is -2.06. The maximum absolute atomic E-state index is 11.9. The van der Waals surface area contributed by atoms with Gasteiger partial charge in [0.25, 0.3) is 0 Å². The molecule has 1 amide bonds. The van der Waals surface area contributed by atoms with Gasteiger partial charge in [0.15, 0.2) is 5.82 Å². The van der Waals surface area contributed by atoms with Gasteiger partial charge in [-0.25, -0.2) is 4.98 Å². The van der Waals surface area contributed by atoms with Gasteiger partial charge in [-0.15, -0.1) is 0 Å². The van der Waals surface area contributed by atoms with Crippen molar-refractivity contribution in [2.75, 3.05) is 13.7 Å². The van der Waals surface area contributed by atoms with Gasteiger partial charge in [0.1, 0.15) is 17.3 Å². The van der Waals surface area contributed by atoms with Crippen LogP contribution in [0.1, 0.15) is 12.2 Å². The summed E-state index contributed by atoms with van der Waals surface area (Å²) in [7, 11) is 1.62. The number of carbonyl (C=O) groups excluding carboxylic acids is 1. The highest BCUT2D eigenvalue weighted by Gasteiger charge is 2.08. The van der Waals surface area contributed by atoms with E-state index in [1.807, 2.05) is 48.5 Å². The Bertz CT molecular complexity index is 896. The van der Waals surface area contributed by atoms with Crippen LogP contribution in [0.15, 0.2) is 53.0 Å². The number of methoxy groups -OCH3 is 1. The summed E-state index contributed by atoms with van der Waals surface area (Å²) in [6.07, 6.45) is 0.256. The van der Waals surface area contributed by atoms with Gasteiger partial charge in [0, 0.05) is 10.0 Å². The van der Waals surface area contributed by atoms with Crippen LogP contribution in [0.2, 0.25) is 0 Å². The fraction of sp³-hybridized carbons (Fsp3) is 0.211. The van der Waals surface area contributed by atoms with Crippen molar-refractivity contribution in [2.45, 2.75) is 13.0 Å². The van der Waals surface area contributed by atoms with Crippen LogP contribution in [0, 0.1) is 0 Å². The Kier molecular flexibility index (Phi) is 6.43. The number of ether oxygens (including phenoxy) is 2. The lowest BCUT2D eigenvalue weighted by atomic mass is 10.2. The third-order valence-electron chi connectivity index (χ3n) is 3.73. The number of carbonyl (C=O) groups is 1. The molecule has 1 heterocycles. The summed E-state index contributed by atoms with van der Waals surface area (Å²) in [4.78, 5) is 16.3. The summed E-state index contributed by atoms with van der Waals surface area (Å²) >= 11 is 3.38. The first-order valence-corrected chi connectivity index (χ1v) is 9.14. The molecule has 140 valence electrons. The number of hydrogen-bond donors (Lipinski definition) is 2. The molecule has 8 heteroatoms. The lowest BCUT2D eigenvalue weighted by Crippen LogP contribution is -2.25. The summed E-state index contributed by atoms with van der Waals surface area (Å²) in [6, 6.07) is 14.9. The number of nitrogens with one attached hydrogen (secondary N) is 2. The SMILES string of the molecule is COc1ccc(-c2n[nH]c(CNC(=O)CCOc3cccc(Br)c3)n2)cc1. The monoisotopic (exact) mass is 430 g/mol. The first kappa shape index (κ1) is 18.9. The van der Waals surface area contributed by atoms with Gasteiger partial charge >= 0.3 is 0 Å². The Morgan fingerprint density at radius 1 is 1.19 bits per heavy atom. The molecule has 0 aliphatic carbocycles. The molecule has 0 unspecified atom stereocenters. The predicted molar refractivity (Wildman–Crippen MR) is 104 cm³/mol. The molecule has 27 heavy (non-hydrogen) atoms. The highest BCUT2D eigenvalue weighted by Crippen LogP contribution is 2.19. The first-order valence-electron chi connectivity index (χ1n) is 8.35. The molecule has 0 aliphatic heterocycles. The fourth-order valence-electron chi connectivity index (χ4n) is 2.33. The average molecular weight is 431 g/mol. The summed E-state index contributed by atoms with van der Waals surface area (Å²) in [5, 5.41) is 9.80. The minimum atomic E-state index is -0.118. The smallest absolute Gasteiger partial charge is 0.223 e. The standard InChI is InChI=1S/C19H19BrN4O3/c1-26-15-7-5-13(6-8-15)19-22-17(23-24-19)12-21-18(25)9-10-27-16-4-2-3-14(20)11-16/h2-8,11H,9-10,12H2,1H3,(H,21,25)(H,22,23,24). The van der Waals surface area contributed by atoms with Crippen molar-refractivity contribution in [3.05, 3.63) is 58.8 Å². The normalized spacial score (nSPS) is 10.4. The minimum absolute atomic E-state index is 0.118. The number of aromatic amines is 1. The molecule has 0 aliphatic rings. The molecule has 0 bridgehead atoms. The van der Waals surface area contributed by atoms with Crippen LogP contribution in [-0.4, -0.2) is 34.8 Å². The van der Waals surface area contributed by atoms with Crippen LogP contribution in [0.25, 0.3) is 11.4 Å². The summed E-state index contributed by atoms with van der Waals surface area (Å²) in [6.45, 7) is 0.578. The van der Waals surface area contributed by atoms with Crippen molar-refractivity contribution in [3.63, 3.8) is 0 Å². The molecule has 2 N–H and O–H groups in total. The number of benzene rings is 2. The number of hydrogen-bond acceptors (Lipinski definition) is 5. The molecule has 0 saturated carbocycles. The second-order valence-corrected chi connectivity index (χ2v) is 6.58. The van der Waals surface area contributed by atoms with Crippen molar-refractivity contribution >= 4 is 21.8 Å². The molecular weight excluding hydrogens is 412 g/mol. The van der Waals surface area contributed by atoms with Gasteiger partial charge in [0.05, 0.1) is 26.7 Å². The molecular formula is C19H19BrN4O3. The number of amides is 1. The quantitative estimate of drug-likeness (QED) is 0.571. The first-order chi connectivity index (χ1) is 13.1. The van der Waals surface area contributed by atoms with Crippen LogP contribution in [-0.2, 0) is 11.3 Å². The molecule has 3 rings (SSSR count). The number of aromatic nitrogens is 3. The van der Waals surface area contributed by atoms with E-state index in [1.54, 1.807) is 7.11 Å². The van der Waals surface area contributed by atoms with E-state index in [0.29, 0.717) is 18.3 Å². The summed E-state index contributed by atoms with van der Waals surface area (Å²) < 4.78 is 11.6. The summed E-state index contributed by atoms with van der Waals surface area (Å²) in [5.74, 6) is 2.53. The molecule has 2 aromatic carbocycles. The van der Waals surface area contributed by atoms with Crippen LogP contribution in [0.3, 0.4) is 0 Å². The second kappa shape index (κ2) is 9.18. The Morgan fingerprint density at radius 3 is 2.74 bits per heavy atom. The molecule has 0 fully saturated rings. The van der Waals surface area contributed by atoms with Crippen molar-refractivity contribution in [1.82, 2.24) is 20.5 Å². The van der Waals surface area contributed by atoms with E-state index in [1.165, 1.54) is 0 Å². The maximum atomic E-state index is 11.9. The molecule has 7 nitrogen and oxygen atoms in total. The number of halogens is 1. The lowest BCUT2D eigenvalue weighted by molar-refractivity contribution is -0.121. The van der Waals surface area contributed by atoms with Crippen molar-refractivity contribution in [2.24, 2.45) is 0 Å². The number of H-pyrrole nitrogens is 1. The van der Waals surface area contributed by atoms with Crippen molar-refractivity contribution < 1.29 is 14.3 Å². The van der Waals surface area contributed by atoms with Crippen LogP contribution >= 0.6 is 15.9 Å². The highest BCUT2D eigenvalue weighted by molar-refractivity contribution is 9.10. The van der Waals surface area contributed by atoms with E-state index < -0.39 is 0 Å². The van der Waals surface area contributed by atoms with E-state index >= 15 is 0 Å². The number of nitrogens with zero attached hydrogens (tertiary/aromatic N) is 2. The van der Waals surface area contributed by atoms with Crippen molar-refractivity contribution in [3.8, 4) is 22.9 Å². The average Bonchev–Trinajstić information content (AvgIpc) is 3.16. The Labute approximate surface area is 165 Å². The molecule has 3 aromatic rings. The second-order valence-electron chi connectivity index (χ2n) is 5.67. The van der Waals surface area contributed by atoms with E-state index in [9.17, 15) is 4.79 Å². The topological polar surface area (TPSA) is 89.1 Å². The third kappa shape index (κ3) is 5.55. The van der Waals surface area contributed by atoms with Gasteiger partial charge in [-0.3, -0.25) is 9.89 Å². The number of rotatable bonds is 8. The van der Waals surface area contributed by atoms with E-state index in [2.05, 4.69) is 36.4 Å². The Morgan fingerprint density at radius 2 is 2.00 bits per heavy atom. The fourth-order valence-corrected chi connectivity index (χ4v) is 2.71. The molecule has 0 spiro atoms. The molecule has 0 saturated heterocycles. The predicted octanol–water partition coefficient (Wildman–Crippen LogP) is 3.33. The van der Waals surface area contributed by atoms with Crippen molar-refractivity contribution in [1.29, 1.82) is 0 Å². The zero-order valence-electron chi connectivity index (χ0n) is 14.7. The highest BCUT2D eigenvalue weighted by atomic mass is 79.9.